The molecule has 0 bridgehead atoms. The fourth-order valence-corrected chi connectivity index (χ4v) is 3.85. The van der Waals surface area contributed by atoms with Crippen LogP contribution in [0, 0.1) is 0 Å². The number of aromatic nitrogens is 2. The molecule has 2 aromatic rings. The Kier molecular flexibility index (Phi) is 6.26. The second-order valence-corrected chi connectivity index (χ2v) is 7.77. The van der Waals surface area contributed by atoms with Crippen LogP contribution in [0.1, 0.15) is 36.0 Å². The number of nitrogens with one attached hydrogen (secondary N) is 3. The molecule has 164 valence electrons. The summed E-state index contributed by atoms with van der Waals surface area (Å²) in [7, 11) is 0. The fraction of sp³-hybridized carbons (Fsp3) is 0.429. The minimum Gasteiger partial charge on any atom is -0.378 e. The molecule has 10 heteroatoms. The van der Waals surface area contributed by atoms with Crippen molar-refractivity contribution in [2.45, 2.75) is 37.9 Å². The minimum atomic E-state index is -1.08. The number of anilines is 4. The topological polar surface area (TPSA) is 125 Å². The number of piperidine rings is 2. The number of amides is 2. The zero-order valence-corrected chi connectivity index (χ0v) is 17.1. The summed E-state index contributed by atoms with van der Waals surface area (Å²) >= 11 is 0. The maximum Gasteiger partial charge on any atom is 0.252 e. The van der Waals surface area contributed by atoms with E-state index >= 15 is 0 Å². The Morgan fingerprint density at radius 3 is 2.77 bits per heavy atom. The monoisotopic (exact) mass is 427 g/mol. The maximum atomic E-state index is 14.2. The lowest BCUT2D eigenvalue weighted by Crippen LogP contribution is -2.45. The lowest BCUT2D eigenvalue weighted by molar-refractivity contribution is -0.119. The molecule has 2 aliphatic rings. The highest BCUT2D eigenvalue weighted by Gasteiger charge is 2.26. The predicted molar refractivity (Wildman–Crippen MR) is 116 cm³/mol. The van der Waals surface area contributed by atoms with Gasteiger partial charge in [-0.2, -0.15) is 0 Å². The summed E-state index contributed by atoms with van der Waals surface area (Å²) in [5.74, 6) is 0.437. The largest absolute Gasteiger partial charge is 0.378 e. The molecule has 2 aromatic heterocycles. The molecule has 2 aliphatic heterocycles. The van der Waals surface area contributed by atoms with Crippen LogP contribution >= 0.6 is 0 Å². The van der Waals surface area contributed by atoms with Crippen molar-refractivity contribution in [3.8, 4) is 0 Å². The summed E-state index contributed by atoms with van der Waals surface area (Å²) in [6.07, 6.45) is 4.98. The molecular formula is C21H26FN7O2. The summed E-state index contributed by atoms with van der Waals surface area (Å²) < 4.78 is 14.2. The summed E-state index contributed by atoms with van der Waals surface area (Å²) in [6, 6.07) is 4.80. The quantitative estimate of drug-likeness (QED) is 0.555. The number of halogens is 1. The summed E-state index contributed by atoms with van der Waals surface area (Å²) in [5.41, 5.74) is 6.85. The molecule has 0 aliphatic carbocycles. The first-order valence-corrected chi connectivity index (χ1v) is 10.5. The van der Waals surface area contributed by atoms with Crippen molar-refractivity contribution < 1.29 is 14.0 Å². The van der Waals surface area contributed by atoms with E-state index in [0.717, 1.165) is 18.5 Å². The van der Waals surface area contributed by atoms with Crippen LogP contribution in [0.25, 0.3) is 0 Å². The van der Waals surface area contributed by atoms with Gasteiger partial charge in [0.15, 0.2) is 0 Å². The third-order valence-electron chi connectivity index (χ3n) is 5.56. The first-order chi connectivity index (χ1) is 15.0. The van der Waals surface area contributed by atoms with Crippen LogP contribution in [-0.2, 0) is 4.79 Å². The van der Waals surface area contributed by atoms with E-state index in [4.69, 9.17) is 5.73 Å². The molecule has 9 nitrogen and oxygen atoms in total. The van der Waals surface area contributed by atoms with Crippen LogP contribution in [0.3, 0.4) is 0 Å². The number of hydrogen-bond acceptors (Lipinski definition) is 7. The Bertz CT molecular complexity index is 953. The Balaban J connectivity index is 1.50. The van der Waals surface area contributed by atoms with Crippen LogP contribution < -0.4 is 26.6 Å². The second kappa shape index (κ2) is 9.25. The fourth-order valence-electron chi connectivity index (χ4n) is 3.85. The van der Waals surface area contributed by atoms with Crippen molar-refractivity contribution in [3.05, 3.63) is 36.2 Å². The Morgan fingerprint density at radius 2 is 2.06 bits per heavy atom. The van der Waals surface area contributed by atoms with Gasteiger partial charge in [-0.25, -0.2) is 14.4 Å². The van der Waals surface area contributed by atoms with Gasteiger partial charge < -0.3 is 26.6 Å². The smallest absolute Gasteiger partial charge is 0.252 e. The van der Waals surface area contributed by atoms with Crippen molar-refractivity contribution >= 4 is 34.8 Å². The zero-order valence-electron chi connectivity index (χ0n) is 17.1. The van der Waals surface area contributed by atoms with Gasteiger partial charge in [-0.15, -0.1) is 0 Å². The molecule has 0 spiro atoms. The average molecular weight is 427 g/mol. The molecule has 4 heterocycles. The summed E-state index contributed by atoms with van der Waals surface area (Å²) in [5, 5.41) is 9.18. The predicted octanol–water partition coefficient (Wildman–Crippen LogP) is 1.95. The number of alkyl halides is 1. The number of hydrogen-bond donors (Lipinski definition) is 4. The molecule has 0 aromatic carbocycles. The highest BCUT2D eigenvalue weighted by atomic mass is 19.1. The van der Waals surface area contributed by atoms with Gasteiger partial charge in [0.25, 0.3) is 5.91 Å². The Morgan fingerprint density at radius 1 is 1.23 bits per heavy atom. The SMILES string of the molecule is NC(=O)c1cnc(Nc2ccc(N3CCCCC3=O)cn2)cc1N[C@@H]1CCNC[C@@H]1F. The van der Waals surface area contributed by atoms with Gasteiger partial charge in [-0.05, 0) is 37.9 Å². The molecule has 0 unspecified atom stereocenters. The van der Waals surface area contributed by atoms with E-state index in [1.54, 1.807) is 23.2 Å². The number of rotatable bonds is 6. The van der Waals surface area contributed by atoms with Gasteiger partial charge in [-0.1, -0.05) is 0 Å². The number of nitrogens with two attached hydrogens (primary N) is 1. The standard InChI is InChI=1S/C21H26FN7O2/c22-15-12-24-7-6-16(15)27-17-9-19(26-11-14(17)21(23)31)28-18-5-4-13(10-25-18)29-8-2-1-3-20(29)30/h4-5,9-11,15-16,24H,1-3,6-8,12H2,(H2,23,31)(H2,25,26,27,28)/t15-,16+/m0/s1. The molecule has 0 saturated carbocycles. The van der Waals surface area contributed by atoms with Gasteiger partial charge in [-0.3, -0.25) is 9.59 Å². The van der Waals surface area contributed by atoms with Crippen LogP contribution in [0.5, 0.6) is 0 Å². The van der Waals surface area contributed by atoms with Gasteiger partial charge >= 0.3 is 0 Å². The van der Waals surface area contributed by atoms with Gasteiger partial charge in [0.2, 0.25) is 5.91 Å². The molecule has 2 atom stereocenters. The van der Waals surface area contributed by atoms with Crippen LogP contribution in [0.2, 0.25) is 0 Å². The molecule has 2 fully saturated rings. The third-order valence-corrected chi connectivity index (χ3v) is 5.56. The van der Waals surface area contributed by atoms with Crippen LogP contribution in [0.15, 0.2) is 30.6 Å². The number of carbonyl (C=O) groups is 2. The van der Waals surface area contributed by atoms with E-state index in [1.807, 2.05) is 6.07 Å². The van der Waals surface area contributed by atoms with Crippen molar-refractivity contribution in [1.29, 1.82) is 0 Å². The summed E-state index contributed by atoms with van der Waals surface area (Å²) in [6.45, 7) is 1.65. The van der Waals surface area contributed by atoms with Gasteiger partial charge in [0.05, 0.1) is 29.2 Å². The zero-order chi connectivity index (χ0) is 21.8. The molecule has 2 amide bonds. The van der Waals surface area contributed by atoms with Gasteiger partial charge in [0.1, 0.15) is 17.8 Å². The van der Waals surface area contributed by atoms with E-state index in [0.29, 0.717) is 43.3 Å². The van der Waals surface area contributed by atoms with E-state index in [-0.39, 0.29) is 18.0 Å². The molecular weight excluding hydrogens is 401 g/mol. The number of carbonyl (C=O) groups excluding carboxylic acids is 2. The van der Waals surface area contributed by atoms with E-state index in [9.17, 15) is 14.0 Å². The summed E-state index contributed by atoms with van der Waals surface area (Å²) in [4.78, 5) is 34.2. The van der Waals surface area contributed by atoms with Crippen molar-refractivity contribution in [2.75, 3.05) is 35.2 Å². The molecule has 5 N–H and O–H groups in total. The number of pyridine rings is 2. The minimum absolute atomic E-state index is 0.109. The van der Waals surface area contributed by atoms with Gasteiger partial charge in [0, 0.05) is 31.8 Å². The van der Waals surface area contributed by atoms with Crippen molar-refractivity contribution in [2.24, 2.45) is 5.73 Å². The van der Waals surface area contributed by atoms with E-state index in [2.05, 4.69) is 25.9 Å². The van der Waals surface area contributed by atoms with Crippen LogP contribution in [0.4, 0.5) is 27.4 Å². The van der Waals surface area contributed by atoms with Crippen molar-refractivity contribution in [3.63, 3.8) is 0 Å². The molecule has 4 rings (SSSR count). The molecule has 2 saturated heterocycles. The number of primary amides is 1. The lowest BCUT2D eigenvalue weighted by Gasteiger charge is -2.29. The third kappa shape index (κ3) is 4.91. The molecule has 0 radical (unpaired) electrons. The number of nitrogens with zero attached hydrogens (tertiary/aromatic N) is 3. The highest BCUT2D eigenvalue weighted by molar-refractivity contribution is 5.98. The maximum absolute atomic E-state index is 14.2. The first-order valence-electron chi connectivity index (χ1n) is 10.5. The average Bonchev–Trinajstić information content (AvgIpc) is 2.76. The molecule has 31 heavy (non-hydrogen) atoms. The van der Waals surface area contributed by atoms with Crippen molar-refractivity contribution in [1.82, 2.24) is 15.3 Å². The van der Waals surface area contributed by atoms with Crippen LogP contribution in [-0.4, -0.2) is 53.6 Å². The van der Waals surface area contributed by atoms with E-state index in [1.165, 1.54) is 6.20 Å². The first kappa shape index (κ1) is 21.0. The Hall–Kier alpha value is -3.27. The van der Waals surface area contributed by atoms with E-state index < -0.39 is 18.1 Å². The lowest BCUT2D eigenvalue weighted by atomic mass is 10.0. The Labute approximate surface area is 179 Å². The normalized spacial score (nSPS) is 21.6. The highest BCUT2D eigenvalue weighted by Crippen LogP contribution is 2.25. The second-order valence-electron chi connectivity index (χ2n) is 7.77.